The van der Waals surface area contributed by atoms with Gasteiger partial charge in [0.15, 0.2) is 0 Å². The van der Waals surface area contributed by atoms with Crippen LogP contribution >= 0.6 is 33.2 Å². The Morgan fingerprint density at radius 1 is 1.10 bits per heavy atom. The fourth-order valence-electron chi connectivity index (χ4n) is 2.70. The van der Waals surface area contributed by atoms with Crippen LogP contribution in [0.15, 0.2) is 70.7 Å². The molecule has 3 aromatic rings. The van der Waals surface area contributed by atoms with Crippen molar-refractivity contribution in [2.45, 2.75) is 11.3 Å². The molecule has 0 radical (unpaired) electrons. The maximum absolute atomic E-state index is 12.2. The van der Waals surface area contributed by atoms with Crippen LogP contribution in [0.4, 0.5) is 0 Å². The molecule has 3 aromatic carbocycles. The molecule has 5 nitrogen and oxygen atoms in total. The van der Waals surface area contributed by atoms with Crippen molar-refractivity contribution in [1.82, 2.24) is 5.32 Å². The smallest absolute Gasteiger partial charge is 0.269 e. The van der Waals surface area contributed by atoms with Gasteiger partial charge in [0.2, 0.25) is 0 Å². The maximum atomic E-state index is 12.2. The molecule has 0 saturated heterocycles. The number of rotatable bonds is 8. The van der Waals surface area contributed by atoms with Crippen LogP contribution in [0.2, 0.25) is 5.02 Å². The number of carbonyl (C=O) groups is 1. The highest BCUT2D eigenvalue weighted by molar-refractivity contribution is 8.76. The Morgan fingerprint density at radius 2 is 1.90 bits per heavy atom. The fourth-order valence-corrected chi connectivity index (χ4v) is 5.02. The standard InChI is InChI=1S/C21H19ClN2O3S2/c22-17-12-14(8-9-19(17)25)13-18(24-27)21(26)23-10-11-28-29-20-7-3-5-15-4-1-2-6-16(15)20/h1-9,12,25,27H,10-11,13H2,(H,23,26)/b24-18+. The molecule has 0 heterocycles. The molecule has 0 fully saturated rings. The second-order valence-electron chi connectivity index (χ2n) is 6.15. The van der Waals surface area contributed by atoms with Crippen LogP contribution in [-0.2, 0) is 11.2 Å². The van der Waals surface area contributed by atoms with Crippen molar-refractivity contribution in [2.24, 2.45) is 5.16 Å². The van der Waals surface area contributed by atoms with Crippen molar-refractivity contribution in [2.75, 3.05) is 12.3 Å². The lowest BCUT2D eigenvalue weighted by molar-refractivity contribution is -0.114. The number of phenols is 1. The van der Waals surface area contributed by atoms with Crippen LogP contribution < -0.4 is 5.32 Å². The van der Waals surface area contributed by atoms with E-state index in [0.29, 0.717) is 17.9 Å². The quantitative estimate of drug-likeness (QED) is 0.147. The Bertz CT molecular complexity index is 1040. The van der Waals surface area contributed by atoms with Gasteiger partial charge in [-0.2, -0.15) is 0 Å². The molecular formula is C21H19ClN2O3S2. The molecule has 0 aromatic heterocycles. The van der Waals surface area contributed by atoms with Crippen LogP contribution in [0.1, 0.15) is 5.56 Å². The molecule has 0 spiro atoms. The predicted molar refractivity (Wildman–Crippen MR) is 121 cm³/mol. The molecule has 8 heteroatoms. The van der Waals surface area contributed by atoms with Crippen molar-refractivity contribution in [1.29, 1.82) is 0 Å². The van der Waals surface area contributed by atoms with E-state index in [2.05, 4.69) is 34.7 Å². The molecule has 150 valence electrons. The van der Waals surface area contributed by atoms with Gasteiger partial charge in [0, 0.05) is 23.6 Å². The summed E-state index contributed by atoms with van der Waals surface area (Å²) in [6.45, 7) is 0.441. The molecule has 0 aliphatic rings. The number of phenolic OH excluding ortho intramolecular Hbond substituents is 1. The minimum Gasteiger partial charge on any atom is -0.506 e. The van der Waals surface area contributed by atoms with E-state index in [9.17, 15) is 9.90 Å². The molecule has 29 heavy (non-hydrogen) atoms. The molecule has 0 atom stereocenters. The number of hydrogen-bond donors (Lipinski definition) is 3. The third-order valence-electron chi connectivity index (χ3n) is 4.14. The van der Waals surface area contributed by atoms with Gasteiger partial charge in [0.25, 0.3) is 5.91 Å². The number of amides is 1. The second kappa shape index (κ2) is 10.4. The van der Waals surface area contributed by atoms with Gasteiger partial charge >= 0.3 is 0 Å². The van der Waals surface area contributed by atoms with E-state index in [4.69, 9.17) is 16.8 Å². The van der Waals surface area contributed by atoms with Crippen LogP contribution in [0.5, 0.6) is 5.75 Å². The zero-order valence-corrected chi connectivity index (χ0v) is 17.7. The highest BCUT2D eigenvalue weighted by atomic mass is 35.5. The molecule has 0 saturated carbocycles. The molecule has 0 aliphatic heterocycles. The maximum Gasteiger partial charge on any atom is 0.269 e. The van der Waals surface area contributed by atoms with Crippen molar-refractivity contribution in [3.05, 3.63) is 71.2 Å². The Hall–Kier alpha value is -2.35. The van der Waals surface area contributed by atoms with E-state index < -0.39 is 5.91 Å². The lowest BCUT2D eigenvalue weighted by Crippen LogP contribution is -2.33. The van der Waals surface area contributed by atoms with Gasteiger partial charge in [0.1, 0.15) is 11.5 Å². The van der Waals surface area contributed by atoms with E-state index in [1.54, 1.807) is 27.7 Å². The van der Waals surface area contributed by atoms with Gasteiger partial charge in [0.05, 0.1) is 5.02 Å². The summed E-state index contributed by atoms with van der Waals surface area (Å²) in [6.07, 6.45) is 0.111. The Kier molecular flexibility index (Phi) is 7.69. The SMILES string of the molecule is O=C(NCCSSc1cccc2ccccc12)/C(Cc1ccc(O)c(Cl)c1)=N/O. The number of hydrogen-bond acceptors (Lipinski definition) is 6. The number of nitrogens with one attached hydrogen (secondary N) is 1. The van der Waals surface area contributed by atoms with Gasteiger partial charge < -0.3 is 15.6 Å². The number of aromatic hydroxyl groups is 1. The first-order valence-corrected chi connectivity index (χ1v) is 11.5. The van der Waals surface area contributed by atoms with Gasteiger partial charge in [-0.1, -0.05) is 80.8 Å². The highest BCUT2D eigenvalue weighted by Gasteiger charge is 2.13. The molecule has 3 N–H and O–H groups in total. The van der Waals surface area contributed by atoms with Crippen molar-refractivity contribution < 1.29 is 15.1 Å². The van der Waals surface area contributed by atoms with Crippen molar-refractivity contribution in [3.8, 4) is 5.75 Å². The summed E-state index contributed by atoms with van der Waals surface area (Å²) in [7, 11) is 3.31. The number of fused-ring (bicyclic) bond motifs is 1. The Morgan fingerprint density at radius 3 is 2.69 bits per heavy atom. The van der Waals surface area contributed by atoms with E-state index >= 15 is 0 Å². The first-order valence-electron chi connectivity index (χ1n) is 8.82. The van der Waals surface area contributed by atoms with Crippen LogP contribution in [0, 0.1) is 0 Å². The molecule has 0 aliphatic carbocycles. The minimum absolute atomic E-state index is 0.0153. The van der Waals surface area contributed by atoms with Gasteiger partial charge in [-0.15, -0.1) is 0 Å². The van der Waals surface area contributed by atoms with Crippen molar-refractivity contribution >= 4 is 55.6 Å². The van der Waals surface area contributed by atoms with Crippen LogP contribution in [0.3, 0.4) is 0 Å². The number of carbonyl (C=O) groups excluding carboxylic acids is 1. The molecule has 0 bridgehead atoms. The number of oxime groups is 1. The summed E-state index contributed by atoms with van der Waals surface area (Å²) >= 11 is 5.87. The number of benzene rings is 3. The zero-order chi connectivity index (χ0) is 20.6. The summed E-state index contributed by atoms with van der Waals surface area (Å²) in [5, 5.41) is 27.1. The molecular weight excluding hydrogens is 428 g/mol. The van der Waals surface area contributed by atoms with Crippen LogP contribution in [-0.4, -0.2) is 34.2 Å². The average molecular weight is 447 g/mol. The molecule has 1 amide bonds. The monoisotopic (exact) mass is 446 g/mol. The van der Waals surface area contributed by atoms with E-state index in [-0.39, 0.29) is 22.9 Å². The summed E-state index contributed by atoms with van der Waals surface area (Å²) in [4.78, 5) is 13.4. The minimum atomic E-state index is -0.438. The Balaban J connectivity index is 1.46. The van der Waals surface area contributed by atoms with Gasteiger partial charge in [-0.25, -0.2) is 0 Å². The van der Waals surface area contributed by atoms with Gasteiger partial charge in [-0.05, 0) is 34.5 Å². The topological polar surface area (TPSA) is 81.9 Å². The largest absolute Gasteiger partial charge is 0.506 e. The molecule has 0 unspecified atom stereocenters. The highest BCUT2D eigenvalue weighted by Crippen LogP contribution is 2.35. The van der Waals surface area contributed by atoms with Gasteiger partial charge in [-0.3, -0.25) is 4.79 Å². The third-order valence-corrected chi connectivity index (χ3v) is 6.85. The zero-order valence-electron chi connectivity index (χ0n) is 15.3. The normalized spacial score (nSPS) is 11.6. The van der Waals surface area contributed by atoms with Crippen molar-refractivity contribution in [3.63, 3.8) is 0 Å². The first-order chi connectivity index (χ1) is 14.1. The predicted octanol–water partition coefficient (Wildman–Crippen LogP) is 5.13. The lowest BCUT2D eigenvalue weighted by Gasteiger charge is -2.08. The molecule has 3 rings (SSSR count). The fraction of sp³-hybridized carbons (Fsp3) is 0.143. The third kappa shape index (κ3) is 5.82. The van der Waals surface area contributed by atoms with E-state index in [1.165, 1.54) is 27.8 Å². The summed E-state index contributed by atoms with van der Waals surface area (Å²) < 4.78 is 0. The van der Waals surface area contributed by atoms with Crippen LogP contribution in [0.25, 0.3) is 10.8 Å². The number of nitrogens with zero attached hydrogens (tertiary/aromatic N) is 1. The van der Waals surface area contributed by atoms with E-state index in [0.717, 1.165) is 0 Å². The lowest BCUT2D eigenvalue weighted by atomic mass is 10.1. The summed E-state index contributed by atoms with van der Waals surface area (Å²) in [5.41, 5.74) is 0.648. The van der Waals surface area contributed by atoms with E-state index in [1.807, 2.05) is 18.2 Å². The summed E-state index contributed by atoms with van der Waals surface area (Å²) in [5.74, 6) is 0.221. The number of halogens is 1. The summed E-state index contributed by atoms with van der Waals surface area (Å²) in [6, 6.07) is 19.0. The Labute approximate surface area is 181 Å². The second-order valence-corrected chi connectivity index (χ2v) is 9.01. The first kappa shape index (κ1) is 21.4. The average Bonchev–Trinajstić information content (AvgIpc) is 2.74.